The Balaban J connectivity index is 1.51. The molecule has 1 saturated heterocycles. The Labute approximate surface area is 178 Å². The summed E-state index contributed by atoms with van der Waals surface area (Å²) >= 11 is 0. The fraction of sp³-hybridized carbons (Fsp3) is 0.500. The standard InChI is InChI=1S/C26H30O4/c1-26(2)21-15-19-18-8-4-3-6-17(18)7-5-9-22(19)29-25(21)20-14-16(11-13-24(27)28)10-12-23(20)30-26/h3-4,6,8,10,12,14,19,21-22,25H,5,7,9,11,13,15H2,1-2H3,(H,27,28)/t19-,21+,22+,25-/m1/s1. The van der Waals surface area contributed by atoms with Crippen LogP contribution in [0.1, 0.15) is 73.8 Å². The summed E-state index contributed by atoms with van der Waals surface area (Å²) in [5.74, 6) is 0.779. The van der Waals surface area contributed by atoms with E-state index in [9.17, 15) is 4.79 Å². The van der Waals surface area contributed by atoms with Gasteiger partial charge in [-0.2, -0.15) is 0 Å². The summed E-state index contributed by atoms with van der Waals surface area (Å²) in [5, 5.41) is 9.06. The van der Waals surface area contributed by atoms with Gasteiger partial charge in [-0.3, -0.25) is 4.79 Å². The minimum atomic E-state index is -0.767. The molecule has 30 heavy (non-hydrogen) atoms. The lowest BCUT2D eigenvalue weighted by molar-refractivity contribution is -0.159. The zero-order chi connectivity index (χ0) is 20.9. The Bertz CT molecular complexity index is 963. The van der Waals surface area contributed by atoms with Gasteiger partial charge < -0.3 is 14.6 Å². The largest absolute Gasteiger partial charge is 0.487 e. The average Bonchev–Trinajstić information content (AvgIpc) is 2.90. The van der Waals surface area contributed by atoms with Gasteiger partial charge in [0.05, 0.1) is 12.2 Å². The maximum absolute atomic E-state index is 11.0. The van der Waals surface area contributed by atoms with Gasteiger partial charge in [-0.05, 0) is 74.8 Å². The van der Waals surface area contributed by atoms with E-state index in [1.807, 2.05) is 12.1 Å². The van der Waals surface area contributed by atoms with Crippen LogP contribution < -0.4 is 4.74 Å². The van der Waals surface area contributed by atoms with E-state index in [2.05, 4.69) is 44.2 Å². The molecule has 4 atom stereocenters. The normalized spacial score (nSPS) is 28.7. The van der Waals surface area contributed by atoms with E-state index in [1.54, 1.807) is 0 Å². The van der Waals surface area contributed by atoms with E-state index >= 15 is 0 Å². The predicted octanol–water partition coefficient (Wildman–Crippen LogP) is 5.44. The highest BCUT2D eigenvalue weighted by atomic mass is 16.5. The summed E-state index contributed by atoms with van der Waals surface area (Å²) in [7, 11) is 0. The summed E-state index contributed by atoms with van der Waals surface area (Å²) in [4.78, 5) is 11.0. The lowest BCUT2D eigenvalue weighted by Gasteiger charge is -2.51. The van der Waals surface area contributed by atoms with Gasteiger partial charge in [0.2, 0.25) is 0 Å². The van der Waals surface area contributed by atoms with Gasteiger partial charge in [0.15, 0.2) is 0 Å². The van der Waals surface area contributed by atoms with Gasteiger partial charge in [0.1, 0.15) is 11.4 Å². The molecule has 0 spiro atoms. The summed E-state index contributed by atoms with van der Waals surface area (Å²) in [6.07, 6.45) is 5.30. The molecule has 0 amide bonds. The van der Waals surface area contributed by atoms with Crippen LogP contribution in [0.15, 0.2) is 42.5 Å². The molecule has 2 heterocycles. The number of aliphatic carboxylic acids is 1. The van der Waals surface area contributed by atoms with E-state index in [0.29, 0.717) is 12.3 Å². The number of hydrogen-bond acceptors (Lipinski definition) is 3. The first-order valence-corrected chi connectivity index (χ1v) is 11.2. The van der Waals surface area contributed by atoms with Crippen molar-refractivity contribution in [3.05, 3.63) is 64.7 Å². The van der Waals surface area contributed by atoms with Crippen LogP contribution >= 0.6 is 0 Å². The number of rotatable bonds is 3. The van der Waals surface area contributed by atoms with Crippen LogP contribution in [0.5, 0.6) is 5.75 Å². The van der Waals surface area contributed by atoms with E-state index in [1.165, 1.54) is 11.1 Å². The van der Waals surface area contributed by atoms with Crippen molar-refractivity contribution in [3.63, 3.8) is 0 Å². The number of carbonyl (C=O) groups is 1. The average molecular weight is 407 g/mol. The second kappa shape index (κ2) is 7.42. The summed E-state index contributed by atoms with van der Waals surface area (Å²) in [6, 6.07) is 15.0. The van der Waals surface area contributed by atoms with Crippen molar-refractivity contribution in [1.82, 2.24) is 0 Å². The van der Waals surface area contributed by atoms with Crippen LogP contribution in [0.4, 0.5) is 0 Å². The van der Waals surface area contributed by atoms with Crippen LogP contribution in [0.25, 0.3) is 0 Å². The first-order valence-electron chi connectivity index (χ1n) is 11.2. The number of benzene rings is 2. The van der Waals surface area contributed by atoms with Crippen molar-refractivity contribution >= 4 is 5.97 Å². The first-order chi connectivity index (χ1) is 14.4. The Morgan fingerprint density at radius 1 is 1.17 bits per heavy atom. The van der Waals surface area contributed by atoms with E-state index in [-0.39, 0.29) is 30.1 Å². The van der Waals surface area contributed by atoms with Gasteiger partial charge in [0, 0.05) is 23.8 Å². The molecule has 2 aromatic rings. The van der Waals surface area contributed by atoms with Crippen LogP contribution in [-0.2, 0) is 22.4 Å². The number of carboxylic acids is 1. The highest BCUT2D eigenvalue weighted by Crippen LogP contribution is 2.55. The minimum absolute atomic E-state index is 0.0000373. The van der Waals surface area contributed by atoms with Gasteiger partial charge in [0.25, 0.3) is 0 Å². The Kier molecular flexibility index (Phi) is 4.85. The Morgan fingerprint density at radius 2 is 2.00 bits per heavy atom. The smallest absolute Gasteiger partial charge is 0.303 e. The third-order valence-electron chi connectivity index (χ3n) is 7.31. The molecule has 2 aliphatic heterocycles. The number of ether oxygens (including phenoxy) is 2. The lowest BCUT2D eigenvalue weighted by Crippen LogP contribution is -2.50. The van der Waals surface area contributed by atoms with Crippen LogP contribution in [0, 0.1) is 5.92 Å². The van der Waals surface area contributed by atoms with Crippen LogP contribution in [0.3, 0.4) is 0 Å². The third kappa shape index (κ3) is 3.41. The number of aryl methyl sites for hydroxylation is 2. The molecule has 0 radical (unpaired) electrons. The SMILES string of the molecule is CC1(C)Oc2ccc(CCC(=O)O)cc2[C@H]2O[C@H]3CCCc4ccccc4[C@H]3C[C@@H]21. The van der Waals surface area contributed by atoms with Crippen molar-refractivity contribution in [2.24, 2.45) is 5.92 Å². The van der Waals surface area contributed by atoms with Crippen molar-refractivity contribution in [2.45, 2.75) is 76.1 Å². The van der Waals surface area contributed by atoms with Gasteiger partial charge in [-0.1, -0.05) is 30.3 Å². The number of fused-ring (bicyclic) bond motifs is 6. The molecule has 5 rings (SSSR count). The zero-order valence-corrected chi connectivity index (χ0v) is 17.8. The molecule has 1 N–H and O–H groups in total. The molecular formula is C26H30O4. The van der Waals surface area contributed by atoms with E-state index in [4.69, 9.17) is 14.6 Å². The first kappa shape index (κ1) is 19.6. The highest BCUT2D eigenvalue weighted by molar-refractivity contribution is 5.67. The maximum atomic E-state index is 11.0. The molecule has 1 fully saturated rings. The Morgan fingerprint density at radius 3 is 2.83 bits per heavy atom. The second-order valence-electron chi connectivity index (χ2n) is 9.61. The minimum Gasteiger partial charge on any atom is -0.487 e. The molecule has 0 unspecified atom stereocenters. The van der Waals surface area contributed by atoms with Crippen molar-refractivity contribution in [2.75, 3.05) is 0 Å². The van der Waals surface area contributed by atoms with Crippen molar-refractivity contribution < 1.29 is 19.4 Å². The summed E-state index contributed by atoms with van der Waals surface area (Å²) in [6.45, 7) is 4.36. The fourth-order valence-electron chi connectivity index (χ4n) is 5.76. The molecule has 158 valence electrons. The molecule has 1 aliphatic carbocycles. The van der Waals surface area contributed by atoms with Gasteiger partial charge in [-0.15, -0.1) is 0 Å². The van der Waals surface area contributed by atoms with E-state index in [0.717, 1.165) is 42.6 Å². The molecule has 2 aromatic carbocycles. The Hall–Kier alpha value is -2.33. The predicted molar refractivity (Wildman–Crippen MR) is 115 cm³/mol. The van der Waals surface area contributed by atoms with Crippen molar-refractivity contribution in [3.8, 4) is 5.75 Å². The summed E-state index contributed by atoms with van der Waals surface area (Å²) in [5.41, 5.74) is 4.74. The topological polar surface area (TPSA) is 55.8 Å². The maximum Gasteiger partial charge on any atom is 0.303 e. The van der Waals surface area contributed by atoms with Gasteiger partial charge in [-0.25, -0.2) is 0 Å². The molecule has 4 nitrogen and oxygen atoms in total. The molecular weight excluding hydrogens is 376 g/mol. The number of carboxylic acid groups (broad SMARTS) is 1. The van der Waals surface area contributed by atoms with Gasteiger partial charge >= 0.3 is 5.97 Å². The second-order valence-corrected chi connectivity index (χ2v) is 9.61. The quantitative estimate of drug-likeness (QED) is 0.737. The van der Waals surface area contributed by atoms with Crippen molar-refractivity contribution in [1.29, 1.82) is 0 Å². The highest BCUT2D eigenvalue weighted by Gasteiger charge is 2.51. The van der Waals surface area contributed by atoms with Crippen LogP contribution in [0.2, 0.25) is 0 Å². The van der Waals surface area contributed by atoms with Crippen LogP contribution in [-0.4, -0.2) is 22.8 Å². The zero-order valence-electron chi connectivity index (χ0n) is 17.8. The molecule has 3 aliphatic rings. The fourth-order valence-corrected chi connectivity index (χ4v) is 5.76. The molecule has 0 saturated carbocycles. The molecule has 0 aromatic heterocycles. The lowest BCUT2D eigenvalue weighted by atomic mass is 9.70. The third-order valence-corrected chi connectivity index (χ3v) is 7.31. The molecule has 4 heteroatoms. The summed E-state index contributed by atoms with van der Waals surface area (Å²) < 4.78 is 13.3. The molecule has 0 bridgehead atoms. The monoisotopic (exact) mass is 406 g/mol. The number of hydrogen-bond donors (Lipinski definition) is 1. The van der Waals surface area contributed by atoms with E-state index < -0.39 is 5.97 Å².